The fourth-order valence-electron chi connectivity index (χ4n) is 1.45. The van der Waals surface area contributed by atoms with Crippen LogP contribution in [0.4, 0.5) is 8.78 Å². The number of hydrogen-bond acceptors (Lipinski definition) is 3. The average molecular weight is 229 g/mol. The zero-order chi connectivity index (χ0) is 12.1. The molecule has 1 aromatic rings. The molecule has 0 radical (unpaired) electrons. The molecule has 16 heavy (non-hydrogen) atoms. The molecule has 0 bridgehead atoms. The fourth-order valence-corrected chi connectivity index (χ4v) is 1.45. The lowest BCUT2D eigenvalue weighted by Crippen LogP contribution is -2.04. The summed E-state index contributed by atoms with van der Waals surface area (Å²) in [5.41, 5.74) is 1.07. The van der Waals surface area contributed by atoms with Gasteiger partial charge >= 0.3 is 6.61 Å². The SMILES string of the molecule is CC.O=C1CCc2nc(OC(F)F)ccc21. The van der Waals surface area contributed by atoms with Gasteiger partial charge < -0.3 is 4.74 Å². The first-order valence-corrected chi connectivity index (χ1v) is 5.15. The minimum atomic E-state index is -2.88. The van der Waals surface area contributed by atoms with Crippen LogP contribution in [0.1, 0.15) is 36.3 Å². The number of fused-ring (bicyclic) bond motifs is 1. The molecule has 0 unspecified atom stereocenters. The largest absolute Gasteiger partial charge is 0.417 e. The molecular formula is C11H13F2NO2. The first-order chi connectivity index (χ1) is 7.66. The number of ether oxygens (including phenoxy) is 1. The van der Waals surface area contributed by atoms with Gasteiger partial charge in [0.1, 0.15) is 0 Å². The Morgan fingerprint density at radius 3 is 2.62 bits per heavy atom. The normalized spacial score (nSPS) is 13.2. The molecule has 0 N–H and O–H groups in total. The van der Waals surface area contributed by atoms with Crippen LogP contribution < -0.4 is 4.74 Å². The maximum absolute atomic E-state index is 11.8. The van der Waals surface area contributed by atoms with Crippen LogP contribution in [0.2, 0.25) is 0 Å². The number of aryl methyl sites for hydroxylation is 1. The van der Waals surface area contributed by atoms with E-state index in [-0.39, 0.29) is 11.7 Å². The molecule has 1 heterocycles. The molecular weight excluding hydrogens is 216 g/mol. The van der Waals surface area contributed by atoms with E-state index in [1.807, 2.05) is 13.8 Å². The summed E-state index contributed by atoms with van der Waals surface area (Å²) in [5, 5.41) is 0. The van der Waals surface area contributed by atoms with E-state index in [1.54, 1.807) is 0 Å². The highest BCUT2D eigenvalue weighted by Gasteiger charge is 2.21. The summed E-state index contributed by atoms with van der Waals surface area (Å²) >= 11 is 0. The van der Waals surface area contributed by atoms with Crippen LogP contribution in [0.5, 0.6) is 5.88 Å². The van der Waals surface area contributed by atoms with Crippen LogP contribution in [0.15, 0.2) is 12.1 Å². The smallest absolute Gasteiger partial charge is 0.388 e. The number of carbonyl (C=O) groups excluding carboxylic acids is 1. The first kappa shape index (κ1) is 12.5. The molecule has 5 heteroatoms. The van der Waals surface area contributed by atoms with Gasteiger partial charge in [-0.1, -0.05) is 13.8 Å². The maximum atomic E-state index is 11.8. The Kier molecular flexibility index (Phi) is 4.34. The third-order valence-electron chi connectivity index (χ3n) is 2.05. The summed E-state index contributed by atoms with van der Waals surface area (Å²) in [6, 6.07) is 2.77. The Morgan fingerprint density at radius 1 is 1.31 bits per heavy atom. The van der Waals surface area contributed by atoms with E-state index in [0.717, 1.165) is 0 Å². The molecule has 2 rings (SSSR count). The van der Waals surface area contributed by atoms with Crippen molar-refractivity contribution >= 4 is 5.78 Å². The van der Waals surface area contributed by atoms with E-state index in [2.05, 4.69) is 9.72 Å². The Balaban J connectivity index is 0.000000606. The predicted molar refractivity (Wildman–Crippen MR) is 54.9 cm³/mol. The molecule has 1 aliphatic carbocycles. The molecule has 1 aliphatic rings. The van der Waals surface area contributed by atoms with E-state index in [9.17, 15) is 13.6 Å². The van der Waals surface area contributed by atoms with Crippen molar-refractivity contribution in [2.75, 3.05) is 0 Å². The lowest BCUT2D eigenvalue weighted by Gasteiger charge is -2.04. The summed E-state index contributed by atoms with van der Waals surface area (Å²) in [6.07, 6.45) is 0.912. The molecule has 0 spiro atoms. The molecule has 3 nitrogen and oxygen atoms in total. The van der Waals surface area contributed by atoms with Crippen LogP contribution in [-0.2, 0) is 6.42 Å². The van der Waals surface area contributed by atoms with Gasteiger partial charge in [-0.15, -0.1) is 0 Å². The summed E-state index contributed by atoms with van der Waals surface area (Å²) in [7, 11) is 0. The van der Waals surface area contributed by atoms with Gasteiger partial charge in [0.15, 0.2) is 5.78 Å². The number of rotatable bonds is 2. The Bertz CT molecular complexity index is 380. The van der Waals surface area contributed by atoms with Gasteiger partial charge in [-0.2, -0.15) is 8.78 Å². The second-order valence-electron chi connectivity index (χ2n) is 2.95. The van der Waals surface area contributed by atoms with Gasteiger partial charge in [0.2, 0.25) is 5.88 Å². The second-order valence-corrected chi connectivity index (χ2v) is 2.95. The van der Waals surface area contributed by atoms with Crippen molar-refractivity contribution in [2.45, 2.75) is 33.3 Å². The molecule has 0 aromatic carbocycles. The van der Waals surface area contributed by atoms with Crippen molar-refractivity contribution in [1.29, 1.82) is 0 Å². The van der Waals surface area contributed by atoms with Crippen LogP contribution >= 0.6 is 0 Å². The molecule has 0 atom stereocenters. The molecule has 0 amide bonds. The van der Waals surface area contributed by atoms with Gasteiger partial charge in [0, 0.05) is 18.1 Å². The highest BCUT2D eigenvalue weighted by molar-refractivity contribution is 5.99. The zero-order valence-electron chi connectivity index (χ0n) is 9.17. The first-order valence-electron chi connectivity index (χ1n) is 5.15. The zero-order valence-corrected chi connectivity index (χ0v) is 9.17. The molecule has 0 saturated heterocycles. The van der Waals surface area contributed by atoms with E-state index in [4.69, 9.17) is 0 Å². The summed E-state index contributed by atoms with van der Waals surface area (Å²) in [5.74, 6) is -0.121. The highest BCUT2D eigenvalue weighted by atomic mass is 19.3. The van der Waals surface area contributed by atoms with Gasteiger partial charge in [-0.05, 0) is 12.5 Å². The van der Waals surface area contributed by atoms with Crippen molar-refractivity contribution in [2.24, 2.45) is 0 Å². The topological polar surface area (TPSA) is 39.2 Å². The number of carbonyl (C=O) groups is 1. The Hall–Kier alpha value is -1.52. The monoisotopic (exact) mass is 229 g/mol. The minimum Gasteiger partial charge on any atom is -0.417 e. The van der Waals surface area contributed by atoms with Gasteiger partial charge in [-0.3, -0.25) is 4.79 Å². The molecule has 0 fully saturated rings. The third kappa shape index (κ3) is 2.74. The lowest BCUT2D eigenvalue weighted by atomic mass is 10.2. The van der Waals surface area contributed by atoms with Gasteiger partial charge in [0.25, 0.3) is 0 Å². The Morgan fingerprint density at radius 2 is 2.00 bits per heavy atom. The number of pyridine rings is 1. The minimum absolute atomic E-state index is 0.0103. The third-order valence-corrected chi connectivity index (χ3v) is 2.05. The highest BCUT2D eigenvalue weighted by Crippen LogP contribution is 2.23. The van der Waals surface area contributed by atoms with Crippen molar-refractivity contribution in [1.82, 2.24) is 4.98 Å². The molecule has 0 saturated carbocycles. The van der Waals surface area contributed by atoms with E-state index in [0.29, 0.717) is 24.1 Å². The second kappa shape index (κ2) is 5.53. The van der Waals surface area contributed by atoms with Crippen molar-refractivity contribution in [3.8, 4) is 5.88 Å². The lowest BCUT2D eigenvalue weighted by molar-refractivity contribution is -0.0529. The summed E-state index contributed by atoms with van der Waals surface area (Å²) in [6.45, 7) is 1.12. The number of halogens is 2. The quantitative estimate of drug-likeness (QED) is 0.782. The van der Waals surface area contributed by atoms with Crippen LogP contribution in [-0.4, -0.2) is 17.4 Å². The Labute approximate surface area is 92.4 Å². The molecule has 1 aromatic heterocycles. The van der Waals surface area contributed by atoms with Crippen molar-refractivity contribution in [3.63, 3.8) is 0 Å². The van der Waals surface area contributed by atoms with Crippen molar-refractivity contribution in [3.05, 3.63) is 23.4 Å². The van der Waals surface area contributed by atoms with E-state index < -0.39 is 6.61 Å². The van der Waals surface area contributed by atoms with E-state index in [1.165, 1.54) is 12.1 Å². The van der Waals surface area contributed by atoms with Crippen LogP contribution in [0.3, 0.4) is 0 Å². The maximum Gasteiger partial charge on any atom is 0.388 e. The van der Waals surface area contributed by atoms with Gasteiger partial charge in [-0.25, -0.2) is 4.98 Å². The standard InChI is InChI=1S/C9H7F2NO2.C2H6/c10-9(11)14-8-4-1-5-6(12-8)2-3-7(5)13;1-2/h1,4,9H,2-3H2;1-2H3. The van der Waals surface area contributed by atoms with Gasteiger partial charge in [0.05, 0.1) is 5.69 Å². The summed E-state index contributed by atoms with van der Waals surface area (Å²) in [4.78, 5) is 15.0. The van der Waals surface area contributed by atoms with Crippen LogP contribution in [0, 0.1) is 0 Å². The number of alkyl halides is 2. The van der Waals surface area contributed by atoms with Crippen LogP contribution in [0.25, 0.3) is 0 Å². The number of aromatic nitrogens is 1. The predicted octanol–water partition coefficient (Wildman–Crippen LogP) is 2.84. The average Bonchev–Trinajstić information content (AvgIpc) is 2.62. The summed E-state index contributed by atoms with van der Waals surface area (Å²) < 4.78 is 27.8. The number of Topliss-reactive ketones (excluding diaryl/α,β-unsaturated/α-hetero) is 1. The molecule has 88 valence electrons. The number of ketones is 1. The molecule has 0 aliphatic heterocycles. The number of hydrogen-bond donors (Lipinski definition) is 0. The number of nitrogens with zero attached hydrogens (tertiary/aromatic N) is 1. The van der Waals surface area contributed by atoms with Crippen molar-refractivity contribution < 1.29 is 18.3 Å². The fraction of sp³-hybridized carbons (Fsp3) is 0.455. The van der Waals surface area contributed by atoms with E-state index >= 15 is 0 Å².